The third-order valence-corrected chi connectivity index (χ3v) is 4.15. The van der Waals surface area contributed by atoms with Crippen LogP contribution in [0.25, 0.3) is 0 Å². The second kappa shape index (κ2) is 2.54. The van der Waals surface area contributed by atoms with Crippen molar-refractivity contribution in [3.8, 4) is 0 Å². The number of rotatable bonds is 1. The fourth-order valence-corrected chi connectivity index (χ4v) is 3.86. The van der Waals surface area contributed by atoms with Gasteiger partial charge in [-0.2, -0.15) is 0 Å². The van der Waals surface area contributed by atoms with Gasteiger partial charge in [0.05, 0.1) is 7.11 Å². The standard InChI is InChI=1S/C11H18FNO2/c1-9(2)5-11(13,8(14)15-4)7-6(9)10(7,3)12/h6-7H,5,13H2,1-4H3. The van der Waals surface area contributed by atoms with Crippen LogP contribution in [-0.2, 0) is 9.53 Å². The Morgan fingerprint density at radius 3 is 2.27 bits per heavy atom. The number of ether oxygens (including phenoxy) is 1. The van der Waals surface area contributed by atoms with E-state index in [1.807, 2.05) is 13.8 Å². The molecule has 2 aliphatic rings. The maximum atomic E-state index is 14.1. The number of carbonyl (C=O) groups is 1. The molecule has 0 aromatic heterocycles. The van der Waals surface area contributed by atoms with Gasteiger partial charge >= 0.3 is 5.97 Å². The molecule has 4 atom stereocenters. The first-order chi connectivity index (χ1) is 6.68. The topological polar surface area (TPSA) is 52.3 Å². The largest absolute Gasteiger partial charge is 0.468 e. The molecule has 86 valence electrons. The summed E-state index contributed by atoms with van der Waals surface area (Å²) < 4.78 is 18.8. The number of methoxy groups -OCH3 is 1. The fourth-order valence-electron chi connectivity index (χ4n) is 3.86. The lowest BCUT2D eigenvalue weighted by atomic mass is 9.79. The van der Waals surface area contributed by atoms with Crippen LogP contribution in [0.1, 0.15) is 27.2 Å². The molecule has 0 spiro atoms. The Labute approximate surface area is 89.2 Å². The quantitative estimate of drug-likeness (QED) is 0.670. The van der Waals surface area contributed by atoms with E-state index in [-0.39, 0.29) is 17.3 Å². The summed E-state index contributed by atoms with van der Waals surface area (Å²) in [5.74, 6) is -0.981. The zero-order valence-corrected chi connectivity index (χ0v) is 9.63. The Morgan fingerprint density at radius 1 is 1.40 bits per heavy atom. The molecule has 2 saturated carbocycles. The van der Waals surface area contributed by atoms with Crippen LogP contribution in [0.5, 0.6) is 0 Å². The molecule has 0 aromatic rings. The molecule has 2 N–H and O–H groups in total. The zero-order chi connectivity index (χ0) is 11.6. The van der Waals surface area contributed by atoms with Crippen molar-refractivity contribution < 1.29 is 13.9 Å². The fraction of sp³-hybridized carbons (Fsp3) is 0.909. The molecule has 0 heterocycles. The van der Waals surface area contributed by atoms with E-state index in [9.17, 15) is 9.18 Å². The number of carbonyl (C=O) groups excluding carboxylic acids is 1. The van der Waals surface area contributed by atoms with E-state index in [0.717, 1.165) is 0 Å². The van der Waals surface area contributed by atoms with Gasteiger partial charge in [0.1, 0.15) is 11.2 Å². The lowest BCUT2D eigenvalue weighted by Crippen LogP contribution is -2.52. The summed E-state index contributed by atoms with van der Waals surface area (Å²) in [5.41, 5.74) is 3.36. The molecule has 2 aliphatic carbocycles. The lowest BCUT2D eigenvalue weighted by molar-refractivity contribution is -0.149. The summed E-state index contributed by atoms with van der Waals surface area (Å²) in [6, 6.07) is 0. The minimum atomic E-state index is -1.31. The van der Waals surface area contributed by atoms with Crippen LogP contribution < -0.4 is 5.73 Å². The Balaban J connectivity index is 2.36. The normalized spacial score (nSPS) is 51.1. The Kier molecular flexibility index (Phi) is 1.84. The predicted octanol–water partition coefficient (Wildman–Crippen LogP) is 1.26. The van der Waals surface area contributed by atoms with Crippen molar-refractivity contribution in [2.75, 3.05) is 7.11 Å². The molecule has 3 nitrogen and oxygen atoms in total. The van der Waals surface area contributed by atoms with Crippen LogP contribution in [0.15, 0.2) is 0 Å². The molecule has 0 bridgehead atoms. The van der Waals surface area contributed by atoms with Crippen molar-refractivity contribution in [2.45, 2.75) is 38.4 Å². The maximum absolute atomic E-state index is 14.1. The number of halogens is 1. The highest BCUT2D eigenvalue weighted by molar-refractivity contribution is 5.83. The second-order valence-electron chi connectivity index (χ2n) is 5.80. The van der Waals surface area contributed by atoms with E-state index in [2.05, 4.69) is 0 Å². The molecule has 0 aliphatic heterocycles. The summed E-state index contributed by atoms with van der Waals surface area (Å²) in [6.07, 6.45) is 0.502. The van der Waals surface area contributed by atoms with Crippen LogP contribution in [0.3, 0.4) is 0 Å². The first-order valence-electron chi connectivity index (χ1n) is 5.24. The van der Waals surface area contributed by atoms with Gasteiger partial charge < -0.3 is 10.5 Å². The predicted molar refractivity (Wildman–Crippen MR) is 53.8 cm³/mol. The van der Waals surface area contributed by atoms with Crippen molar-refractivity contribution in [3.63, 3.8) is 0 Å². The Bertz CT molecular complexity index is 327. The summed E-state index contributed by atoms with van der Waals surface area (Å²) in [7, 11) is 1.30. The summed E-state index contributed by atoms with van der Waals surface area (Å²) in [5, 5.41) is 0. The third kappa shape index (κ3) is 1.11. The SMILES string of the molecule is COC(=O)C1(N)CC(C)(C)C2C1C2(C)F. The molecule has 15 heavy (non-hydrogen) atoms. The molecule has 2 rings (SSSR count). The van der Waals surface area contributed by atoms with Gasteiger partial charge in [-0.05, 0) is 18.8 Å². The molecular formula is C11H18FNO2. The van der Waals surface area contributed by atoms with Crippen LogP contribution in [0.4, 0.5) is 4.39 Å². The van der Waals surface area contributed by atoms with E-state index < -0.39 is 17.2 Å². The van der Waals surface area contributed by atoms with E-state index in [0.29, 0.717) is 6.42 Å². The van der Waals surface area contributed by atoms with Gasteiger partial charge in [-0.25, -0.2) is 4.39 Å². The Morgan fingerprint density at radius 2 is 1.93 bits per heavy atom. The average Bonchev–Trinajstić information content (AvgIpc) is 2.58. The minimum absolute atomic E-state index is 0.117. The summed E-state index contributed by atoms with van der Waals surface area (Å²) in [4.78, 5) is 11.6. The van der Waals surface area contributed by atoms with Crippen molar-refractivity contribution >= 4 is 5.97 Å². The summed E-state index contributed by atoms with van der Waals surface area (Å²) in [6.45, 7) is 5.47. The van der Waals surface area contributed by atoms with E-state index in [4.69, 9.17) is 10.5 Å². The Hall–Kier alpha value is -0.640. The highest BCUT2D eigenvalue weighted by Gasteiger charge is 2.81. The van der Waals surface area contributed by atoms with Crippen molar-refractivity contribution in [3.05, 3.63) is 0 Å². The first-order valence-corrected chi connectivity index (χ1v) is 5.24. The van der Waals surface area contributed by atoms with Gasteiger partial charge in [-0.3, -0.25) is 4.79 Å². The lowest BCUT2D eigenvalue weighted by Gasteiger charge is -2.31. The monoisotopic (exact) mass is 215 g/mol. The third-order valence-electron chi connectivity index (χ3n) is 4.15. The van der Waals surface area contributed by atoms with Crippen molar-refractivity contribution in [1.29, 1.82) is 0 Å². The number of esters is 1. The van der Waals surface area contributed by atoms with Gasteiger partial charge in [0, 0.05) is 11.8 Å². The molecule has 4 unspecified atom stereocenters. The number of alkyl halides is 1. The van der Waals surface area contributed by atoms with E-state index >= 15 is 0 Å². The smallest absolute Gasteiger partial charge is 0.326 e. The molecule has 0 saturated heterocycles. The minimum Gasteiger partial charge on any atom is -0.468 e. The number of fused-ring (bicyclic) bond motifs is 1. The van der Waals surface area contributed by atoms with Crippen LogP contribution in [0.2, 0.25) is 0 Å². The molecular weight excluding hydrogens is 197 g/mol. The number of nitrogens with two attached hydrogens (primary N) is 1. The van der Waals surface area contributed by atoms with Gasteiger partial charge in [-0.15, -0.1) is 0 Å². The van der Waals surface area contributed by atoms with Gasteiger partial charge in [0.15, 0.2) is 0 Å². The van der Waals surface area contributed by atoms with Gasteiger partial charge in [-0.1, -0.05) is 13.8 Å². The van der Waals surface area contributed by atoms with E-state index in [1.54, 1.807) is 0 Å². The van der Waals surface area contributed by atoms with Crippen LogP contribution >= 0.6 is 0 Å². The average molecular weight is 215 g/mol. The maximum Gasteiger partial charge on any atom is 0.326 e. The molecule has 0 radical (unpaired) electrons. The number of hydrogen-bond acceptors (Lipinski definition) is 3. The zero-order valence-electron chi connectivity index (χ0n) is 9.63. The van der Waals surface area contributed by atoms with Gasteiger partial charge in [0.2, 0.25) is 0 Å². The molecule has 0 aromatic carbocycles. The van der Waals surface area contributed by atoms with E-state index in [1.165, 1.54) is 14.0 Å². The molecule has 4 heteroatoms. The highest BCUT2D eigenvalue weighted by atomic mass is 19.1. The first kappa shape index (κ1) is 10.9. The molecule has 2 fully saturated rings. The van der Waals surface area contributed by atoms with Crippen molar-refractivity contribution in [2.24, 2.45) is 23.0 Å². The number of hydrogen-bond donors (Lipinski definition) is 1. The van der Waals surface area contributed by atoms with Crippen molar-refractivity contribution in [1.82, 2.24) is 0 Å². The van der Waals surface area contributed by atoms with Crippen LogP contribution in [-0.4, -0.2) is 24.3 Å². The summed E-state index contributed by atoms with van der Waals surface area (Å²) >= 11 is 0. The van der Waals surface area contributed by atoms with Crippen LogP contribution in [0, 0.1) is 17.3 Å². The highest BCUT2D eigenvalue weighted by Crippen LogP contribution is 2.73. The van der Waals surface area contributed by atoms with Gasteiger partial charge in [0.25, 0.3) is 0 Å². The second-order valence-corrected chi connectivity index (χ2v) is 5.80. The molecule has 0 amide bonds.